The minimum absolute atomic E-state index is 0.200. The molecule has 1 aromatic carbocycles. The van der Waals surface area contributed by atoms with Crippen LogP contribution in [0.2, 0.25) is 0 Å². The number of nitrogens with zero attached hydrogens (tertiary/aromatic N) is 4. The molecule has 1 saturated heterocycles. The summed E-state index contributed by atoms with van der Waals surface area (Å²) in [5.74, 6) is -0.161. The number of carbonyl (C=O) groups excluding carboxylic acids is 2. The Bertz CT molecular complexity index is 1170. The number of esters is 1. The zero-order chi connectivity index (χ0) is 21.3. The molecule has 4 rings (SSSR count). The molecule has 154 valence electrons. The highest BCUT2D eigenvalue weighted by molar-refractivity contribution is 7.17. The number of benzene rings is 1. The number of fused-ring (bicyclic) bond motifs is 1. The summed E-state index contributed by atoms with van der Waals surface area (Å²) < 4.78 is 7.13. The summed E-state index contributed by atoms with van der Waals surface area (Å²) in [6.07, 6.45) is 3.38. The van der Waals surface area contributed by atoms with Gasteiger partial charge in [0.1, 0.15) is 16.0 Å². The Balaban J connectivity index is 1.64. The van der Waals surface area contributed by atoms with Crippen LogP contribution in [0, 0.1) is 18.3 Å². The maximum atomic E-state index is 12.1. The monoisotopic (exact) mass is 422 g/mol. The maximum absolute atomic E-state index is 12.1. The van der Waals surface area contributed by atoms with E-state index in [4.69, 9.17) is 4.74 Å². The van der Waals surface area contributed by atoms with Crippen LogP contribution < -0.4 is 0 Å². The maximum Gasteiger partial charge on any atom is 0.350 e. The topological polar surface area (TPSA) is 88.2 Å². The van der Waals surface area contributed by atoms with Gasteiger partial charge in [0.05, 0.1) is 17.9 Å². The number of ether oxygens (including phenoxy) is 1. The summed E-state index contributed by atoms with van der Waals surface area (Å²) in [6, 6.07) is 8.13. The largest absolute Gasteiger partial charge is 0.462 e. The molecule has 3 heterocycles. The predicted molar refractivity (Wildman–Crippen MR) is 114 cm³/mol. The van der Waals surface area contributed by atoms with Gasteiger partial charge in [-0.15, -0.1) is 11.3 Å². The fourth-order valence-corrected chi connectivity index (χ4v) is 4.74. The van der Waals surface area contributed by atoms with Crippen molar-refractivity contribution in [2.45, 2.75) is 33.2 Å². The number of hydrogen-bond acceptors (Lipinski definition) is 6. The van der Waals surface area contributed by atoms with Crippen LogP contribution in [0.15, 0.2) is 24.4 Å². The summed E-state index contributed by atoms with van der Waals surface area (Å²) >= 11 is 1.30. The van der Waals surface area contributed by atoms with E-state index in [-0.39, 0.29) is 11.9 Å². The molecule has 3 aromatic rings. The lowest BCUT2D eigenvalue weighted by atomic mass is 10.1. The van der Waals surface area contributed by atoms with Gasteiger partial charge < -0.3 is 14.2 Å². The molecule has 0 saturated carbocycles. The van der Waals surface area contributed by atoms with Gasteiger partial charge in [-0.2, -0.15) is 5.26 Å². The van der Waals surface area contributed by atoms with Crippen molar-refractivity contribution in [2.24, 2.45) is 0 Å². The number of aryl methyl sites for hydroxylation is 1. The molecule has 0 atom stereocenters. The molecule has 1 aliphatic rings. The van der Waals surface area contributed by atoms with Gasteiger partial charge in [-0.25, -0.2) is 9.78 Å². The Hall–Kier alpha value is -3.18. The SMILES string of the molecule is CCOC(=O)c1sc(-c2ccc3c(c2)c(C#N)cn3CCN2CCCC2=O)nc1C. The molecular weight excluding hydrogens is 400 g/mol. The van der Waals surface area contributed by atoms with E-state index >= 15 is 0 Å². The van der Waals surface area contributed by atoms with E-state index in [1.165, 1.54) is 11.3 Å². The van der Waals surface area contributed by atoms with Crippen molar-refractivity contribution >= 4 is 34.1 Å². The fraction of sp³-hybridized carbons (Fsp3) is 0.364. The molecule has 0 bridgehead atoms. The standard InChI is InChI=1S/C22H22N4O3S/c1-3-29-22(28)20-14(2)24-21(30-20)15-6-7-18-17(11-15)16(12-23)13-26(18)10-9-25-8-4-5-19(25)27/h6-7,11,13H,3-5,8-10H2,1-2H3. The minimum atomic E-state index is -0.361. The van der Waals surface area contributed by atoms with Gasteiger partial charge in [0.15, 0.2) is 0 Å². The van der Waals surface area contributed by atoms with Crippen molar-refractivity contribution in [3.05, 3.63) is 40.5 Å². The molecule has 1 aliphatic heterocycles. The molecule has 0 aliphatic carbocycles. The molecule has 1 fully saturated rings. The summed E-state index contributed by atoms with van der Waals surface area (Å²) in [7, 11) is 0. The van der Waals surface area contributed by atoms with Crippen molar-refractivity contribution in [3.63, 3.8) is 0 Å². The third-order valence-corrected chi connectivity index (χ3v) is 6.47. The summed E-state index contributed by atoms with van der Waals surface area (Å²) in [4.78, 5) is 30.9. The van der Waals surface area contributed by atoms with Gasteiger partial charge in [0.25, 0.3) is 0 Å². The Morgan fingerprint density at radius 3 is 2.90 bits per heavy atom. The van der Waals surface area contributed by atoms with Crippen LogP contribution in [0.5, 0.6) is 0 Å². The molecule has 1 amide bonds. The van der Waals surface area contributed by atoms with Gasteiger partial charge in [0.2, 0.25) is 5.91 Å². The van der Waals surface area contributed by atoms with E-state index in [0.717, 1.165) is 34.4 Å². The second-order valence-corrected chi connectivity index (χ2v) is 8.22. The first kappa shape index (κ1) is 20.1. The van der Waals surface area contributed by atoms with Gasteiger partial charge in [-0.05, 0) is 38.5 Å². The summed E-state index contributed by atoms with van der Waals surface area (Å²) in [6.45, 7) is 5.98. The molecule has 0 N–H and O–H groups in total. The minimum Gasteiger partial charge on any atom is -0.462 e. The third-order valence-electron chi connectivity index (χ3n) is 5.29. The first-order chi connectivity index (χ1) is 14.5. The second-order valence-electron chi connectivity index (χ2n) is 7.22. The molecular formula is C22H22N4O3S. The normalized spacial score (nSPS) is 13.8. The van der Waals surface area contributed by atoms with E-state index in [2.05, 4.69) is 11.1 Å². The van der Waals surface area contributed by atoms with E-state index in [9.17, 15) is 14.9 Å². The van der Waals surface area contributed by atoms with E-state index in [1.807, 2.05) is 33.9 Å². The molecule has 0 radical (unpaired) electrons. The molecule has 2 aromatic heterocycles. The van der Waals surface area contributed by atoms with Crippen LogP contribution in [0.3, 0.4) is 0 Å². The lowest BCUT2D eigenvalue weighted by Crippen LogP contribution is -2.28. The highest BCUT2D eigenvalue weighted by Gasteiger charge is 2.21. The summed E-state index contributed by atoms with van der Waals surface area (Å²) in [5.41, 5.74) is 3.02. The average molecular weight is 423 g/mol. The van der Waals surface area contributed by atoms with Crippen LogP contribution >= 0.6 is 11.3 Å². The fourth-order valence-electron chi connectivity index (χ4n) is 3.78. The van der Waals surface area contributed by atoms with Crippen molar-refractivity contribution in [1.82, 2.24) is 14.5 Å². The van der Waals surface area contributed by atoms with Crippen LogP contribution in [-0.2, 0) is 16.1 Å². The molecule has 30 heavy (non-hydrogen) atoms. The van der Waals surface area contributed by atoms with Crippen molar-refractivity contribution in [3.8, 4) is 16.6 Å². The third kappa shape index (κ3) is 3.68. The Morgan fingerprint density at radius 1 is 1.37 bits per heavy atom. The number of amides is 1. The predicted octanol–water partition coefficient (Wildman–Crippen LogP) is 3.74. The van der Waals surface area contributed by atoms with E-state index in [1.54, 1.807) is 13.8 Å². The highest BCUT2D eigenvalue weighted by atomic mass is 32.1. The average Bonchev–Trinajstić information content (AvgIpc) is 3.43. The van der Waals surface area contributed by atoms with Crippen molar-refractivity contribution in [2.75, 3.05) is 19.7 Å². The van der Waals surface area contributed by atoms with E-state index in [0.29, 0.717) is 42.3 Å². The number of aromatic nitrogens is 2. The zero-order valence-electron chi connectivity index (χ0n) is 17.0. The van der Waals surface area contributed by atoms with E-state index < -0.39 is 0 Å². The van der Waals surface area contributed by atoms with Crippen molar-refractivity contribution in [1.29, 1.82) is 5.26 Å². The van der Waals surface area contributed by atoms with Crippen molar-refractivity contribution < 1.29 is 14.3 Å². The Morgan fingerprint density at radius 2 is 2.20 bits per heavy atom. The number of carbonyl (C=O) groups is 2. The van der Waals surface area contributed by atoms with Crippen LogP contribution in [-0.4, -0.2) is 46.0 Å². The molecule has 0 unspecified atom stereocenters. The van der Waals surface area contributed by atoms with Gasteiger partial charge in [-0.3, -0.25) is 4.79 Å². The number of rotatable bonds is 6. The Labute approximate surface area is 178 Å². The van der Waals surface area contributed by atoms with Gasteiger partial charge >= 0.3 is 5.97 Å². The Kier molecular flexibility index (Phi) is 5.55. The first-order valence-electron chi connectivity index (χ1n) is 9.97. The molecule has 7 nitrogen and oxygen atoms in total. The summed E-state index contributed by atoms with van der Waals surface area (Å²) in [5, 5.41) is 11.2. The quantitative estimate of drug-likeness (QED) is 0.565. The number of nitriles is 1. The van der Waals surface area contributed by atoms with Crippen LogP contribution in [0.25, 0.3) is 21.5 Å². The molecule has 0 spiro atoms. The number of likely N-dealkylation sites (tertiary alicyclic amines) is 1. The van der Waals surface area contributed by atoms with Gasteiger partial charge in [-0.1, -0.05) is 0 Å². The molecule has 8 heteroatoms. The lowest BCUT2D eigenvalue weighted by molar-refractivity contribution is -0.127. The van der Waals surface area contributed by atoms with Crippen LogP contribution in [0.1, 0.15) is 40.7 Å². The van der Waals surface area contributed by atoms with Gasteiger partial charge in [0, 0.05) is 48.7 Å². The highest BCUT2D eigenvalue weighted by Crippen LogP contribution is 2.32. The lowest BCUT2D eigenvalue weighted by Gasteiger charge is -2.16. The smallest absolute Gasteiger partial charge is 0.350 e. The van der Waals surface area contributed by atoms with Crippen LogP contribution in [0.4, 0.5) is 0 Å². The zero-order valence-corrected chi connectivity index (χ0v) is 17.8. The number of hydrogen-bond donors (Lipinski definition) is 0. The first-order valence-corrected chi connectivity index (χ1v) is 10.8. The number of thiazole rings is 1. The second kappa shape index (κ2) is 8.28.